The summed E-state index contributed by atoms with van der Waals surface area (Å²) in [5.41, 5.74) is 8.07. The molecule has 1 aliphatic carbocycles. The number of hydrogen-bond donors (Lipinski definition) is 2. The molecule has 3 rings (SSSR count). The highest BCUT2D eigenvalue weighted by molar-refractivity contribution is 6.03. The molecule has 1 atom stereocenters. The molecular formula is C22H21NO4. The van der Waals surface area contributed by atoms with Gasteiger partial charge in [-0.25, -0.2) is 9.59 Å². The van der Waals surface area contributed by atoms with Crippen LogP contribution in [-0.2, 0) is 14.3 Å². The molecule has 0 aromatic heterocycles. The highest BCUT2D eigenvalue weighted by Gasteiger charge is 2.44. The molecule has 0 fully saturated rings. The van der Waals surface area contributed by atoms with Crippen LogP contribution in [0, 0.1) is 12.3 Å². The Bertz CT molecular complexity index is 869. The van der Waals surface area contributed by atoms with Crippen LogP contribution in [-0.4, -0.2) is 29.2 Å². The number of carboxylic acids is 1. The van der Waals surface area contributed by atoms with E-state index in [4.69, 9.17) is 16.9 Å². The lowest BCUT2D eigenvalue weighted by Gasteiger charge is -2.23. The van der Waals surface area contributed by atoms with Gasteiger partial charge >= 0.3 is 11.9 Å². The second kappa shape index (κ2) is 7.65. The molecule has 27 heavy (non-hydrogen) atoms. The number of carbonyl (C=O) groups excluding carboxylic acids is 1. The zero-order chi connectivity index (χ0) is 19.4. The highest BCUT2D eigenvalue weighted by atomic mass is 16.5. The van der Waals surface area contributed by atoms with Crippen molar-refractivity contribution in [1.29, 1.82) is 0 Å². The van der Waals surface area contributed by atoms with Crippen molar-refractivity contribution >= 4 is 11.9 Å². The second-order valence-electron chi connectivity index (χ2n) is 6.66. The predicted octanol–water partition coefficient (Wildman–Crippen LogP) is 2.93. The summed E-state index contributed by atoms with van der Waals surface area (Å²) in [4.78, 5) is 24.1. The largest absolute Gasteiger partial charge is 0.479 e. The maximum Gasteiger partial charge on any atom is 0.337 e. The minimum Gasteiger partial charge on any atom is -0.479 e. The van der Waals surface area contributed by atoms with Gasteiger partial charge in [0.1, 0.15) is 6.61 Å². The van der Waals surface area contributed by atoms with E-state index in [0.717, 1.165) is 22.3 Å². The molecule has 5 heteroatoms. The topological polar surface area (TPSA) is 89.6 Å². The Hall–Kier alpha value is -3.10. The van der Waals surface area contributed by atoms with Gasteiger partial charge in [0.25, 0.3) is 0 Å². The first-order valence-electron chi connectivity index (χ1n) is 8.80. The van der Waals surface area contributed by atoms with Crippen molar-refractivity contribution in [2.24, 2.45) is 5.73 Å². The van der Waals surface area contributed by atoms with Gasteiger partial charge in [-0.15, -0.1) is 12.3 Å². The van der Waals surface area contributed by atoms with Crippen LogP contribution in [0.25, 0.3) is 11.1 Å². The van der Waals surface area contributed by atoms with Gasteiger partial charge in [-0.3, -0.25) is 0 Å². The van der Waals surface area contributed by atoms with E-state index in [9.17, 15) is 14.7 Å². The summed E-state index contributed by atoms with van der Waals surface area (Å²) in [6.45, 7) is 0.0359. The van der Waals surface area contributed by atoms with Crippen LogP contribution in [0.3, 0.4) is 0 Å². The zero-order valence-electron chi connectivity index (χ0n) is 14.9. The molecule has 0 heterocycles. The highest BCUT2D eigenvalue weighted by Crippen LogP contribution is 2.44. The van der Waals surface area contributed by atoms with E-state index in [1.807, 2.05) is 48.5 Å². The number of unbranched alkanes of at least 4 members (excludes halogenated alkanes) is 1. The van der Waals surface area contributed by atoms with E-state index in [2.05, 4.69) is 5.92 Å². The lowest BCUT2D eigenvalue weighted by Crippen LogP contribution is -2.56. The summed E-state index contributed by atoms with van der Waals surface area (Å²) < 4.78 is 5.40. The van der Waals surface area contributed by atoms with Gasteiger partial charge in [-0.2, -0.15) is 0 Å². The van der Waals surface area contributed by atoms with Crippen molar-refractivity contribution in [3.05, 3.63) is 59.7 Å². The van der Waals surface area contributed by atoms with Gasteiger partial charge in [-0.1, -0.05) is 48.5 Å². The van der Waals surface area contributed by atoms with Crippen LogP contribution in [0.4, 0.5) is 0 Å². The SMILES string of the molecule is C#CCCC[C@](N)(C(=O)O)C(=O)OCC1c2ccccc2-c2ccccc21. The number of fused-ring (bicyclic) bond motifs is 3. The number of nitrogens with two attached hydrogens (primary N) is 1. The Morgan fingerprint density at radius 1 is 1.11 bits per heavy atom. The van der Waals surface area contributed by atoms with Crippen LogP contribution < -0.4 is 5.73 Å². The number of esters is 1. The van der Waals surface area contributed by atoms with Crippen LogP contribution in [0.2, 0.25) is 0 Å². The molecule has 0 aliphatic heterocycles. The lowest BCUT2D eigenvalue weighted by molar-refractivity contribution is -0.161. The fourth-order valence-corrected chi connectivity index (χ4v) is 3.49. The minimum absolute atomic E-state index is 0.0359. The number of rotatable bonds is 7. The summed E-state index contributed by atoms with van der Waals surface area (Å²) in [6, 6.07) is 15.8. The van der Waals surface area contributed by atoms with Gasteiger partial charge in [0.2, 0.25) is 5.54 Å². The van der Waals surface area contributed by atoms with E-state index in [1.165, 1.54) is 0 Å². The molecule has 0 unspecified atom stereocenters. The summed E-state index contributed by atoms with van der Waals surface area (Å²) in [7, 11) is 0. The Kier molecular flexibility index (Phi) is 5.29. The number of terminal acetylenes is 1. The van der Waals surface area contributed by atoms with Crippen LogP contribution in [0.5, 0.6) is 0 Å². The molecule has 2 aromatic carbocycles. The van der Waals surface area contributed by atoms with Gasteiger partial charge in [0, 0.05) is 12.3 Å². The van der Waals surface area contributed by atoms with Crippen LogP contribution in [0.15, 0.2) is 48.5 Å². The molecule has 138 valence electrons. The molecule has 0 radical (unpaired) electrons. The molecule has 3 N–H and O–H groups in total. The fraction of sp³-hybridized carbons (Fsp3) is 0.273. The Balaban J connectivity index is 1.79. The summed E-state index contributed by atoms with van der Waals surface area (Å²) in [6.07, 6.45) is 5.81. The number of carboxylic acid groups (broad SMARTS) is 1. The average molecular weight is 363 g/mol. The van der Waals surface area contributed by atoms with Crippen LogP contribution in [0.1, 0.15) is 36.3 Å². The van der Waals surface area contributed by atoms with Gasteiger partial charge in [-0.05, 0) is 35.1 Å². The number of hydrogen-bond acceptors (Lipinski definition) is 4. The van der Waals surface area contributed by atoms with Crippen molar-refractivity contribution in [1.82, 2.24) is 0 Å². The first kappa shape index (κ1) is 18.7. The molecule has 0 saturated heterocycles. The number of carbonyl (C=O) groups is 2. The van der Waals surface area contributed by atoms with Gasteiger partial charge < -0.3 is 15.6 Å². The number of aliphatic carboxylic acids is 1. The zero-order valence-corrected chi connectivity index (χ0v) is 14.9. The van der Waals surface area contributed by atoms with Crippen LogP contribution >= 0.6 is 0 Å². The minimum atomic E-state index is -2.09. The van der Waals surface area contributed by atoms with Gasteiger partial charge in [0.05, 0.1) is 0 Å². The predicted molar refractivity (Wildman–Crippen MR) is 102 cm³/mol. The molecule has 0 saturated carbocycles. The molecule has 0 spiro atoms. The molecular weight excluding hydrogens is 342 g/mol. The third-order valence-electron chi connectivity index (χ3n) is 4.98. The monoisotopic (exact) mass is 363 g/mol. The van der Waals surface area contributed by atoms with Crippen molar-refractivity contribution in [2.45, 2.75) is 30.7 Å². The van der Waals surface area contributed by atoms with Crippen molar-refractivity contribution in [3.63, 3.8) is 0 Å². The quantitative estimate of drug-likeness (QED) is 0.342. The lowest BCUT2D eigenvalue weighted by atomic mass is 9.93. The van der Waals surface area contributed by atoms with E-state index in [0.29, 0.717) is 12.8 Å². The van der Waals surface area contributed by atoms with E-state index in [1.54, 1.807) is 0 Å². The second-order valence-corrected chi connectivity index (χ2v) is 6.66. The van der Waals surface area contributed by atoms with E-state index in [-0.39, 0.29) is 18.9 Å². The van der Waals surface area contributed by atoms with Crippen molar-refractivity contribution < 1.29 is 19.4 Å². The van der Waals surface area contributed by atoms with Gasteiger partial charge in [0.15, 0.2) is 0 Å². The van der Waals surface area contributed by atoms with Crippen molar-refractivity contribution in [2.75, 3.05) is 6.61 Å². The molecule has 5 nitrogen and oxygen atoms in total. The summed E-state index contributed by atoms with van der Waals surface area (Å²) >= 11 is 0. The standard InChI is InChI=1S/C22H21NO4/c1-2-3-8-13-22(23,20(24)25)21(26)27-14-19-17-11-6-4-9-15(17)16-10-5-7-12-18(16)19/h1,4-7,9-12,19H,3,8,13-14,23H2,(H,24,25)/t22-/m0/s1. The molecule has 1 aliphatic rings. The number of benzene rings is 2. The molecule has 2 aromatic rings. The first-order chi connectivity index (χ1) is 13.0. The van der Waals surface area contributed by atoms with Crippen molar-refractivity contribution in [3.8, 4) is 23.5 Å². The maximum atomic E-state index is 12.5. The molecule has 0 amide bonds. The smallest absolute Gasteiger partial charge is 0.337 e. The first-order valence-corrected chi connectivity index (χ1v) is 8.80. The van der Waals surface area contributed by atoms with E-state index < -0.39 is 17.5 Å². The average Bonchev–Trinajstić information content (AvgIpc) is 3.00. The normalized spacial score (nSPS) is 14.5. The Morgan fingerprint density at radius 3 is 2.19 bits per heavy atom. The number of ether oxygens (including phenoxy) is 1. The fourth-order valence-electron chi connectivity index (χ4n) is 3.49. The summed E-state index contributed by atoms with van der Waals surface area (Å²) in [5, 5.41) is 9.43. The third kappa shape index (κ3) is 3.44. The Morgan fingerprint density at radius 2 is 1.67 bits per heavy atom. The molecule has 0 bridgehead atoms. The summed E-state index contributed by atoms with van der Waals surface area (Å²) in [5.74, 6) is -0.0738. The maximum absolute atomic E-state index is 12.5. The van der Waals surface area contributed by atoms with E-state index >= 15 is 0 Å². The Labute approximate surface area is 158 Å². The third-order valence-corrected chi connectivity index (χ3v) is 4.98.